The van der Waals surface area contributed by atoms with E-state index >= 15 is 0 Å². The van der Waals surface area contributed by atoms with E-state index in [1.807, 2.05) is 68.8 Å². The van der Waals surface area contributed by atoms with Crippen LogP contribution < -0.4 is 10.1 Å². The summed E-state index contributed by atoms with van der Waals surface area (Å²) < 4.78 is 7.42. The minimum atomic E-state index is -0.225. The zero-order chi connectivity index (χ0) is 18.0. The van der Waals surface area contributed by atoms with Crippen LogP contribution in [0, 0.1) is 6.92 Å². The van der Waals surface area contributed by atoms with Crippen LogP contribution in [-0.4, -0.2) is 27.3 Å². The van der Waals surface area contributed by atoms with Gasteiger partial charge in [-0.15, -0.1) is 0 Å². The van der Waals surface area contributed by atoms with Crippen molar-refractivity contribution in [1.82, 2.24) is 14.8 Å². The van der Waals surface area contributed by atoms with E-state index in [4.69, 9.17) is 4.74 Å². The maximum absolute atomic E-state index is 12.2. The normalized spacial score (nSPS) is 11.5. The van der Waals surface area contributed by atoms with Crippen LogP contribution in [0.15, 0.2) is 42.6 Å². The summed E-state index contributed by atoms with van der Waals surface area (Å²) in [5, 5.41) is 8.29. The Kier molecular flexibility index (Phi) is 4.44. The SMILES string of the molecule is Cc1cc(NC(=O)COc2ccc3ncccc3c2)n(C(C)(C)C)n1. The molecule has 6 nitrogen and oxygen atoms in total. The standard InChI is InChI=1S/C19H22N4O2/c1-13-10-17(23(22-13)19(2,3)4)21-18(24)12-25-15-7-8-16-14(11-15)6-5-9-20-16/h5-11H,12H2,1-4H3,(H,21,24). The number of carbonyl (C=O) groups excluding carboxylic acids is 1. The van der Waals surface area contributed by atoms with Crippen molar-refractivity contribution in [3.05, 3.63) is 48.3 Å². The lowest BCUT2D eigenvalue weighted by molar-refractivity contribution is -0.118. The number of pyridine rings is 1. The minimum Gasteiger partial charge on any atom is -0.484 e. The number of nitrogens with zero attached hydrogens (tertiary/aromatic N) is 3. The zero-order valence-electron chi connectivity index (χ0n) is 14.9. The molecule has 130 valence electrons. The molecule has 0 radical (unpaired) electrons. The lowest BCUT2D eigenvalue weighted by Gasteiger charge is -2.22. The first kappa shape index (κ1) is 17.0. The fourth-order valence-corrected chi connectivity index (χ4v) is 2.57. The van der Waals surface area contributed by atoms with Crippen molar-refractivity contribution in [1.29, 1.82) is 0 Å². The summed E-state index contributed by atoms with van der Waals surface area (Å²) >= 11 is 0. The van der Waals surface area contributed by atoms with Gasteiger partial charge in [0.25, 0.3) is 5.91 Å². The molecule has 0 saturated carbocycles. The van der Waals surface area contributed by atoms with Crippen LogP contribution in [0.25, 0.3) is 10.9 Å². The Bertz CT molecular complexity index is 909. The molecule has 6 heteroatoms. The molecule has 2 heterocycles. The first-order chi connectivity index (χ1) is 11.8. The van der Waals surface area contributed by atoms with Crippen molar-refractivity contribution in [2.45, 2.75) is 33.2 Å². The fourth-order valence-electron chi connectivity index (χ4n) is 2.57. The van der Waals surface area contributed by atoms with Crippen LogP contribution in [-0.2, 0) is 10.3 Å². The quantitative estimate of drug-likeness (QED) is 0.790. The second-order valence-corrected chi connectivity index (χ2v) is 6.95. The van der Waals surface area contributed by atoms with Gasteiger partial charge >= 0.3 is 0 Å². The smallest absolute Gasteiger partial charge is 0.263 e. The number of ether oxygens (including phenoxy) is 1. The summed E-state index contributed by atoms with van der Waals surface area (Å²) in [7, 11) is 0. The van der Waals surface area contributed by atoms with Gasteiger partial charge in [0.15, 0.2) is 6.61 Å². The van der Waals surface area contributed by atoms with Gasteiger partial charge in [0.1, 0.15) is 11.6 Å². The lowest BCUT2D eigenvalue weighted by Crippen LogP contribution is -2.28. The molecule has 0 saturated heterocycles. The number of anilines is 1. The highest BCUT2D eigenvalue weighted by Gasteiger charge is 2.20. The van der Waals surface area contributed by atoms with E-state index in [0.717, 1.165) is 16.6 Å². The molecule has 0 aliphatic heterocycles. The van der Waals surface area contributed by atoms with Crippen molar-refractivity contribution in [3.8, 4) is 5.75 Å². The van der Waals surface area contributed by atoms with E-state index in [1.54, 1.807) is 6.20 Å². The van der Waals surface area contributed by atoms with Gasteiger partial charge in [-0.1, -0.05) is 6.07 Å². The van der Waals surface area contributed by atoms with Gasteiger partial charge in [0.05, 0.1) is 16.7 Å². The molecule has 3 rings (SSSR count). The van der Waals surface area contributed by atoms with Crippen LogP contribution in [0.2, 0.25) is 0 Å². The Labute approximate surface area is 146 Å². The third-order valence-corrected chi connectivity index (χ3v) is 3.68. The Morgan fingerprint density at radius 1 is 1.24 bits per heavy atom. The molecule has 0 spiro atoms. The second-order valence-electron chi connectivity index (χ2n) is 6.95. The number of carbonyl (C=O) groups is 1. The van der Waals surface area contributed by atoms with Gasteiger partial charge in [0.2, 0.25) is 0 Å². The molecule has 3 aromatic rings. The van der Waals surface area contributed by atoms with Gasteiger partial charge in [-0.2, -0.15) is 5.10 Å². The van der Waals surface area contributed by atoms with Crippen LogP contribution in [0.3, 0.4) is 0 Å². The highest BCUT2D eigenvalue weighted by atomic mass is 16.5. The monoisotopic (exact) mass is 338 g/mol. The topological polar surface area (TPSA) is 69.0 Å². The Morgan fingerprint density at radius 2 is 2.04 bits per heavy atom. The van der Waals surface area contributed by atoms with E-state index in [0.29, 0.717) is 11.6 Å². The molecule has 2 aromatic heterocycles. The third kappa shape index (κ3) is 3.96. The highest BCUT2D eigenvalue weighted by Crippen LogP contribution is 2.22. The van der Waals surface area contributed by atoms with E-state index in [2.05, 4.69) is 15.4 Å². The maximum atomic E-state index is 12.2. The van der Waals surface area contributed by atoms with Crippen molar-refractivity contribution >= 4 is 22.6 Å². The van der Waals surface area contributed by atoms with Gasteiger partial charge < -0.3 is 10.1 Å². The first-order valence-corrected chi connectivity index (χ1v) is 8.17. The van der Waals surface area contributed by atoms with Crippen molar-refractivity contribution in [3.63, 3.8) is 0 Å². The largest absolute Gasteiger partial charge is 0.484 e. The number of amides is 1. The Balaban J connectivity index is 1.67. The summed E-state index contributed by atoms with van der Waals surface area (Å²) in [6.07, 6.45) is 1.75. The number of aromatic nitrogens is 3. The Morgan fingerprint density at radius 3 is 2.80 bits per heavy atom. The van der Waals surface area contributed by atoms with E-state index in [-0.39, 0.29) is 18.1 Å². The third-order valence-electron chi connectivity index (χ3n) is 3.68. The summed E-state index contributed by atoms with van der Waals surface area (Å²) in [5.74, 6) is 1.08. The predicted octanol–water partition coefficient (Wildman–Crippen LogP) is 3.51. The summed E-state index contributed by atoms with van der Waals surface area (Å²) in [6, 6.07) is 11.2. The number of nitrogens with one attached hydrogen (secondary N) is 1. The molecular weight excluding hydrogens is 316 g/mol. The molecule has 0 aliphatic rings. The molecule has 0 atom stereocenters. The average Bonchev–Trinajstić information content (AvgIpc) is 2.93. The van der Waals surface area contributed by atoms with Gasteiger partial charge in [0, 0.05) is 17.6 Å². The lowest BCUT2D eigenvalue weighted by atomic mass is 10.1. The number of benzene rings is 1. The van der Waals surface area contributed by atoms with Gasteiger partial charge in [-0.25, -0.2) is 4.68 Å². The van der Waals surface area contributed by atoms with Gasteiger partial charge in [-0.05, 0) is 52.0 Å². The number of aryl methyl sites for hydroxylation is 1. The molecule has 0 aliphatic carbocycles. The summed E-state index contributed by atoms with van der Waals surface area (Å²) in [6.45, 7) is 7.94. The van der Waals surface area contributed by atoms with E-state index in [1.165, 1.54) is 0 Å². The zero-order valence-corrected chi connectivity index (χ0v) is 14.9. The molecule has 1 aromatic carbocycles. The predicted molar refractivity (Wildman–Crippen MR) is 97.8 cm³/mol. The molecular formula is C19H22N4O2. The van der Waals surface area contributed by atoms with Crippen molar-refractivity contribution < 1.29 is 9.53 Å². The fraction of sp³-hybridized carbons (Fsp3) is 0.316. The second kappa shape index (κ2) is 6.55. The first-order valence-electron chi connectivity index (χ1n) is 8.17. The molecule has 0 unspecified atom stereocenters. The van der Waals surface area contributed by atoms with Crippen molar-refractivity contribution in [2.24, 2.45) is 0 Å². The average molecular weight is 338 g/mol. The summed E-state index contributed by atoms with van der Waals surface area (Å²) in [5.41, 5.74) is 1.53. The van der Waals surface area contributed by atoms with Crippen LogP contribution >= 0.6 is 0 Å². The molecule has 0 bridgehead atoms. The molecule has 0 fully saturated rings. The number of fused-ring (bicyclic) bond motifs is 1. The molecule has 25 heavy (non-hydrogen) atoms. The van der Waals surface area contributed by atoms with E-state index in [9.17, 15) is 4.79 Å². The minimum absolute atomic E-state index is 0.0693. The van der Waals surface area contributed by atoms with Crippen LogP contribution in [0.1, 0.15) is 26.5 Å². The van der Waals surface area contributed by atoms with E-state index < -0.39 is 0 Å². The van der Waals surface area contributed by atoms with Crippen LogP contribution in [0.4, 0.5) is 5.82 Å². The number of hydrogen-bond donors (Lipinski definition) is 1. The van der Waals surface area contributed by atoms with Gasteiger partial charge in [-0.3, -0.25) is 9.78 Å². The highest BCUT2D eigenvalue weighted by molar-refractivity contribution is 5.91. The Hall–Kier alpha value is -2.89. The van der Waals surface area contributed by atoms with Crippen LogP contribution in [0.5, 0.6) is 5.75 Å². The number of rotatable bonds is 4. The summed E-state index contributed by atoms with van der Waals surface area (Å²) in [4.78, 5) is 16.5. The van der Waals surface area contributed by atoms with Crippen molar-refractivity contribution in [2.75, 3.05) is 11.9 Å². The molecule has 1 N–H and O–H groups in total. The maximum Gasteiger partial charge on any atom is 0.263 e. The molecule has 1 amide bonds. The number of hydrogen-bond acceptors (Lipinski definition) is 4.